The van der Waals surface area contributed by atoms with E-state index < -0.39 is 11.9 Å². The maximum absolute atomic E-state index is 14.4. The van der Waals surface area contributed by atoms with Crippen molar-refractivity contribution >= 4 is 17.3 Å². The number of hydrogen-bond donors (Lipinski definition) is 2. The highest BCUT2D eigenvalue weighted by molar-refractivity contribution is 5.72. The quantitative estimate of drug-likeness (QED) is 0.559. The molecule has 1 aliphatic heterocycles. The van der Waals surface area contributed by atoms with Crippen LogP contribution in [0.3, 0.4) is 0 Å². The van der Waals surface area contributed by atoms with Crippen molar-refractivity contribution in [3.05, 3.63) is 28.9 Å². The fourth-order valence-electron chi connectivity index (χ4n) is 2.43. The third-order valence-corrected chi connectivity index (χ3v) is 3.65. The van der Waals surface area contributed by atoms with Crippen molar-refractivity contribution in [3.8, 4) is 0 Å². The summed E-state index contributed by atoms with van der Waals surface area (Å²) in [6.45, 7) is 3.43. The van der Waals surface area contributed by atoms with Crippen molar-refractivity contribution in [2.75, 3.05) is 49.3 Å². The Kier molecular flexibility index (Phi) is 6.44. The topological polar surface area (TPSA) is 94.5 Å². The van der Waals surface area contributed by atoms with Gasteiger partial charge in [-0.15, -0.1) is 4.91 Å². The summed E-state index contributed by atoms with van der Waals surface area (Å²) in [4.78, 5) is 23.7. The smallest absolute Gasteiger partial charge is 0.216 e. The Labute approximate surface area is 139 Å². The molecule has 0 radical (unpaired) electrons. The molecule has 0 bridgehead atoms. The van der Waals surface area contributed by atoms with Gasteiger partial charge >= 0.3 is 0 Å². The Morgan fingerprint density at radius 1 is 1.50 bits per heavy atom. The largest absolute Gasteiger partial charge is 0.389 e. The summed E-state index contributed by atoms with van der Waals surface area (Å²) in [6.07, 6.45) is -1.01. The van der Waals surface area contributed by atoms with E-state index in [0.29, 0.717) is 32.0 Å². The molecular formula is C15H21FN4O4. The summed E-state index contributed by atoms with van der Waals surface area (Å²) < 4.78 is 19.6. The van der Waals surface area contributed by atoms with Crippen molar-refractivity contribution in [1.29, 1.82) is 0 Å². The van der Waals surface area contributed by atoms with Crippen LogP contribution in [0.1, 0.15) is 6.92 Å². The number of rotatable bonds is 7. The van der Waals surface area contributed by atoms with E-state index in [1.54, 1.807) is 12.1 Å². The molecule has 0 saturated carbocycles. The van der Waals surface area contributed by atoms with Crippen LogP contribution < -0.4 is 15.2 Å². The predicted molar refractivity (Wildman–Crippen MR) is 87.3 cm³/mol. The zero-order valence-electron chi connectivity index (χ0n) is 13.4. The number of carbonyl (C=O) groups is 1. The van der Waals surface area contributed by atoms with Crippen LogP contribution in [0.25, 0.3) is 0 Å². The molecule has 132 valence electrons. The normalized spacial score (nSPS) is 15.7. The molecule has 8 nitrogen and oxygen atoms in total. The second-order valence-electron chi connectivity index (χ2n) is 5.49. The van der Waals surface area contributed by atoms with Crippen LogP contribution in [0.4, 0.5) is 15.8 Å². The van der Waals surface area contributed by atoms with Gasteiger partial charge in [-0.3, -0.25) is 4.79 Å². The molecule has 0 unspecified atom stereocenters. The van der Waals surface area contributed by atoms with Crippen LogP contribution in [-0.2, 0) is 9.53 Å². The number of morpholine rings is 1. The molecule has 0 spiro atoms. The van der Waals surface area contributed by atoms with Crippen molar-refractivity contribution in [1.82, 2.24) is 5.32 Å². The summed E-state index contributed by atoms with van der Waals surface area (Å²) in [5.74, 6) is -0.764. The minimum Gasteiger partial charge on any atom is -0.389 e. The summed E-state index contributed by atoms with van der Waals surface area (Å²) in [6, 6.07) is 4.35. The van der Waals surface area contributed by atoms with E-state index in [2.05, 4.69) is 10.6 Å². The lowest BCUT2D eigenvalue weighted by Crippen LogP contribution is -2.38. The number of anilines is 2. The summed E-state index contributed by atoms with van der Waals surface area (Å²) in [5, 5.41) is 16.0. The van der Waals surface area contributed by atoms with Crippen LogP contribution in [0.15, 0.2) is 23.5 Å². The lowest BCUT2D eigenvalue weighted by molar-refractivity contribution is -0.119. The molecule has 1 heterocycles. The lowest BCUT2D eigenvalue weighted by Gasteiger charge is -2.29. The SMILES string of the molecule is CC(=O)NC[C@H](O)CN(N=O)c1ccc(N2CCOCC2)c(F)c1. The maximum atomic E-state index is 14.4. The molecule has 1 amide bonds. The Balaban J connectivity index is 2.04. The molecule has 1 saturated heterocycles. The first-order valence-corrected chi connectivity index (χ1v) is 7.67. The molecular weight excluding hydrogens is 319 g/mol. The fourth-order valence-corrected chi connectivity index (χ4v) is 2.43. The fraction of sp³-hybridized carbons (Fsp3) is 0.533. The van der Waals surface area contributed by atoms with Gasteiger partial charge in [0.25, 0.3) is 0 Å². The number of aliphatic hydroxyl groups is 1. The van der Waals surface area contributed by atoms with Gasteiger partial charge in [0.05, 0.1) is 42.5 Å². The number of nitrogens with one attached hydrogen (secondary N) is 1. The van der Waals surface area contributed by atoms with E-state index in [0.717, 1.165) is 5.01 Å². The van der Waals surface area contributed by atoms with Gasteiger partial charge in [-0.1, -0.05) is 0 Å². The average Bonchev–Trinajstić information content (AvgIpc) is 2.58. The van der Waals surface area contributed by atoms with Crippen LogP contribution >= 0.6 is 0 Å². The number of aliphatic hydroxyl groups excluding tert-OH is 1. The van der Waals surface area contributed by atoms with E-state index in [4.69, 9.17) is 4.74 Å². The Hall–Kier alpha value is -2.26. The standard InChI is InChI=1S/C15H21FN4O4/c1-11(21)17-9-13(22)10-20(18-23)12-2-3-15(14(16)8-12)19-4-6-24-7-5-19/h2-3,8,13,22H,4-7,9-10H2,1H3,(H,17,21)/t13-/m0/s1. The molecule has 1 fully saturated rings. The Morgan fingerprint density at radius 3 is 2.79 bits per heavy atom. The van der Waals surface area contributed by atoms with Crippen LogP contribution in [0.2, 0.25) is 0 Å². The number of carbonyl (C=O) groups excluding carboxylic acids is 1. The van der Waals surface area contributed by atoms with Gasteiger partial charge in [-0.2, -0.15) is 0 Å². The highest BCUT2D eigenvalue weighted by atomic mass is 19.1. The monoisotopic (exact) mass is 340 g/mol. The zero-order chi connectivity index (χ0) is 17.5. The van der Waals surface area contributed by atoms with E-state index in [1.807, 2.05) is 4.90 Å². The zero-order valence-corrected chi connectivity index (χ0v) is 13.4. The number of nitrogens with zero attached hydrogens (tertiary/aromatic N) is 3. The molecule has 1 aromatic rings. The van der Waals surface area contributed by atoms with Crippen molar-refractivity contribution in [3.63, 3.8) is 0 Å². The van der Waals surface area contributed by atoms with Gasteiger partial charge < -0.3 is 20.1 Å². The number of amides is 1. The van der Waals surface area contributed by atoms with Gasteiger partial charge in [0.1, 0.15) is 5.82 Å². The molecule has 0 aliphatic carbocycles. The van der Waals surface area contributed by atoms with E-state index in [1.165, 1.54) is 13.0 Å². The number of benzene rings is 1. The Bertz CT molecular complexity index is 581. The van der Waals surface area contributed by atoms with E-state index >= 15 is 0 Å². The number of hydrogen-bond acceptors (Lipinski definition) is 6. The highest BCUT2D eigenvalue weighted by Crippen LogP contribution is 2.26. The lowest BCUT2D eigenvalue weighted by atomic mass is 10.2. The third-order valence-electron chi connectivity index (χ3n) is 3.65. The summed E-state index contributed by atoms with van der Waals surface area (Å²) in [5.41, 5.74) is 0.674. The number of halogens is 1. The van der Waals surface area contributed by atoms with Crippen LogP contribution in [0.5, 0.6) is 0 Å². The first-order valence-electron chi connectivity index (χ1n) is 7.67. The minimum absolute atomic E-state index is 0.0182. The second kappa shape index (κ2) is 8.55. The average molecular weight is 340 g/mol. The summed E-state index contributed by atoms with van der Waals surface area (Å²) >= 11 is 0. The van der Waals surface area contributed by atoms with Gasteiger partial charge in [0.15, 0.2) is 0 Å². The molecule has 24 heavy (non-hydrogen) atoms. The number of ether oxygens (including phenoxy) is 1. The molecule has 1 aliphatic rings. The van der Waals surface area contributed by atoms with E-state index in [-0.39, 0.29) is 24.7 Å². The van der Waals surface area contributed by atoms with Gasteiger partial charge in [0.2, 0.25) is 5.91 Å². The molecule has 9 heteroatoms. The minimum atomic E-state index is -1.01. The van der Waals surface area contributed by atoms with Crippen LogP contribution in [0, 0.1) is 10.7 Å². The van der Waals surface area contributed by atoms with Gasteiger partial charge in [-0.25, -0.2) is 9.40 Å². The van der Waals surface area contributed by atoms with Crippen LogP contribution in [-0.4, -0.2) is 56.5 Å². The van der Waals surface area contributed by atoms with Gasteiger partial charge in [0, 0.05) is 32.6 Å². The predicted octanol–water partition coefficient (Wildman–Crippen LogP) is 0.647. The molecule has 2 N–H and O–H groups in total. The van der Waals surface area contributed by atoms with E-state index in [9.17, 15) is 19.2 Å². The van der Waals surface area contributed by atoms with Crippen molar-refractivity contribution in [2.45, 2.75) is 13.0 Å². The first-order chi connectivity index (χ1) is 11.5. The maximum Gasteiger partial charge on any atom is 0.216 e. The Morgan fingerprint density at radius 2 is 2.21 bits per heavy atom. The number of nitroso groups, excluding NO2 is 1. The molecule has 1 aromatic carbocycles. The molecule has 2 rings (SSSR count). The summed E-state index contributed by atoms with van der Waals surface area (Å²) in [7, 11) is 0. The van der Waals surface area contributed by atoms with Crippen molar-refractivity contribution in [2.24, 2.45) is 5.29 Å². The highest BCUT2D eigenvalue weighted by Gasteiger charge is 2.18. The molecule has 0 aromatic heterocycles. The van der Waals surface area contributed by atoms with Crippen molar-refractivity contribution < 1.29 is 19.0 Å². The van der Waals surface area contributed by atoms with Gasteiger partial charge in [-0.05, 0) is 12.1 Å². The second-order valence-corrected chi connectivity index (χ2v) is 5.49. The first kappa shape index (κ1) is 18.1. The molecule has 1 atom stereocenters. The third kappa shape index (κ3) is 4.87.